The van der Waals surface area contributed by atoms with Crippen LogP contribution in [0.25, 0.3) is 0 Å². The summed E-state index contributed by atoms with van der Waals surface area (Å²) in [4.78, 5) is 0. The second-order valence-electron chi connectivity index (χ2n) is 5.43. The summed E-state index contributed by atoms with van der Waals surface area (Å²) in [7, 11) is -3.75. The van der Waals surface area contributed by atoms with Gasteiger partial charge in [0.25, 0.3) is 10.1 Å². The van der Waals surface area contributed by atoms with Crippen LogP contribution in [0.1, 0.15) is 77.6 Å². The molecule has 0 unspecified atom stereocenters. The monoisotopic (exact) mass is 308 g/mol. The minimum absolute atomic E-state index is 0.0902. The number of unbranched alkanes of at least 4 members (excludes halogenated alkanes) is 9. The van der Waals surface area contributed by atoms with E-state index in [0.717, 1.165) is 32.5 Å². The van der Waals surface area contributed by atoms with Gasteiger partial charge in [0.2, 0.25) is 0 Å². The zero-order valence-electron chi connectivity index (χ0n) is 13.0. The topological polar surface area (TPSA) is 63.6 Å². The maximum Gasteiger partial charge on any atom is 0.264 e. The van der Waals surface area contributed by atoms with Crippen LogP contribution >= 0.6 is 0 Å². The maximum absolute atomic E-state index is 10.5. The first-order valence-electron chi connectivity index (χ1n) is 8.09. The lowest BCUT2D eigenvalue weighted by Crippen LogP contribution is -2.03. The van der Waals surface area contributed by atoms with Crippen LogP contribution in [0.3, 0.4) is 0 Å². The highest BCUT2D eigenvalue weighted by atomic mass is 32.2. The molecule has 0 radical (unpaired) electrons. The quantitative estimate of drug-likeness (QED) is 0.364. The van der Waals surface area contributed by atoms with Crippen molar-refractivity contribution in [3.8, 4) is 0 Å². The summed E-state index contributed by atoms with van der Waals surface area (Å²) in [5, 5.41) is 0. The molecule has 0 spiro atoms. The van der Waals surface area contributed by atoms with E-state index in [4.69, 9.17) is 9.29 Å². The molecule has 0 saturated heterocycles. The first-order valence-corrected chi connectivity index (χ1v) is 9.70. The van der Waals surface area contributed by atoms with E-state index in [1.807, 2.05) is 0 Å². The molecular formula is C15H32O4S. The van der Waals surface area contributed by atoms with E-state index in [0.29, 0.717) is 6.42 Å². The summed E-state index contributed by atoms with van der Waals surface area (Å²) < 4.78 is 35.0. The van der Waals surface area contributed by atoms with E-state index in [2.05, 4.69) is 6.92 Å². The Balaban J connectivity index is 3.03. The molecule has 20 heavy (non-hydrogen) atoms. The highest BCUT2D eigenvalue weighted by molar-refractivity contribution is 7.85. The molecule has 0 fully saturated rings. The number of rotatable bonds is 15. The molecule has 5 heteroatoms. The molecule has 4 nitrogen and oxygen atoms in total. The summed E-state index contributed by atoms with van der Waals surface area (Å²) in [6.45, 7) is 3.92. The van der Waals surface area contributed by atoms with Gasteiger partial charge >= 0.3 is 0 Å². The maximum atomic E-state index is 10.5. The second kappa shape index (κ2) is 13.8. The summed E-state index contributed by atoms with van der Waals surface area (Å²) in [6.07, 6.45) is 12.3. The average Bonchev–Trinajstić information content (AvgIpc) is 2.38. The highest BCUT2D eigenvalue weighted by Crippen LogP contribution is 2.11. The SMILES string of the molecule is CCCOCCCCCCCCCCCCS(=O)(=O)O. The van der Waals surface area contributed by atoms with Gasteiger partial charge in [-0.2, -0.15) is 8.42 Å². The predicted molar refractivity (Wildman–Crippen MR) is 83.7 cm³/mol. The highest BCUT2D eigenvalue weighted by Gasteiger charge is 2.02. The molecule has 0 aliphatic carbocycles. The molecule has 0 aliphatic rings. The second-order valence-corrected chi connectivity index (χ2v) is 7.01. The Morgan fingerprint density at radius 1 is 0.750 bits per heavy atom. The molecule has 0 saturated carbocycles. The van der Waals surface area contributed by atoms with Crippen LogP contribution in [0.4, 0.5) is 0 Å². The minimum Gasteiger partial charge on any atom is -0.381 e. The van der Waals surface area contributed by atoms with E-state index in [1.165, 1.54) is 44.9 Å². The van der Waals surface area contributed by atoms with Crippen LogP contribution in [-0.2, 0) is 14.9 Å². The fourth-order valence-electron chi connectivity index (χ4n) is 2.15. The van der Waals surface area contributed by atoms with Crippen LogP contribution in [0.15, 0.2) is 0 Å². The molecule has 0 rings (SSSR count). The molecule has 0 bridgehead atoms. The number of hydrogen-bond donors (Lipinski definition) is 1. The van der Waals surface area contributed by atoms with Crippen LogP contribution in [0.5, 0.6) is 0 Å². The Hall–Kier alpha value is -0.130. The fourth-order valence-corrected chi connectivity index (χ4v) is 2.72. The Morgan fingerprint density at radius 2 is 1.20 bits per heavy atom. The van der Waals surface area contributed by atoms with Crippen molar-refractivity contribution in [2.75, 3.05) is 19.0 Å². The van der Waals surface area contributed by atoms with Gasteiger partial charge in [-0.3, -0.25) is 4.55 Å². The average molecular weight is 308 g/mol. The van der Waals surface area contributed by atoms with E-state index in [9.17, 15) is 8.42 Å². The fraction of sp³-hybridized carbons (Fsp3) is 1.00. The minimum atomic E-state index is -3.75. The van der Waals surface area contributed by atoms with Crippen molar-refractivity contribution in [1.82, 2.24) is 0 Å². The van der Waals surface area contributed by atoms with Crippen molar-refractivity contribution in [2.24, 2.45) is 0 Å². The molecule has 0 heterocycles. The lowest BCUT2D eigenvalue weighted by molar-refractivity contribution is 0.130. The van der Waals surface area contributed by atoms with Crippen LogP contribution in [-0.4, -0.2) is 31.9 Å². The third kappa shape index (κ3) is 17.9. The van der Waals surface area contributed by atoms with Gasteiger partial charge in [0.05, 0.1) is 5.75 Å². The van der Waals surface area contributed by atoms with E-state index in [1.54, 1.807) is 0 Å². The summed E-state index contributed by atoms with van der Waals surface area (Å²) in [5.41, 5.74) is 0. The summed E-state index contributed by atoms with van der Waals surface area (Å²) >= 11 is 0. The molecule has 0 aromatic heterocycles. The third-order valence-electron chi connectivity index (χ3n) is 3.29. The van der Waals surface area contributed by atoms with Crippen molar-refractivity contribution < 1.29 is 17.7 Å². The molecule has 0 amide bonds. The van der Waals surface area contributed by atoms with Gasteiger partial charge in [0, 0.05) is 13.2 Å². The van der Waals surface area contributed by atoms with Crippen LogP contribution < -0.4 is 0 Å². The normalized spacial score (nSPS) is 11.9. The first kappa shape index (κ1) is 19.9. The van der Waals surface area contributed by atoms with Crippen molar-refractivity contribution >= 4 is 10.1 Å². The van der Waals surface area contributed by atoms with Crippen molar-refractivity contribution in [3.05, 3.63) is 0 Å². The van der Waals surface area contributed by atoms with Gasteiger partial charge < -0.3 is 4.74 Å². The van der Waals surface area contributed by atoms with E-state index in [-0.39, 0.29) is 5.75 Å². The van der Waals surface area contributed by atoms with Crippen molar-refractivity contribution in [3.63, 3.8) is 0 Å². The standard InChI is InChI=1S/C15H32O4S/c1-2-13-19-14-11-9-7-5-3-4-6-8-10-12-15-20(16,17)18/h2-15H2,1H3,(H,16,17,18). The molecule has 122 valence electrons. The molecular weight excluding hydrogens is 276 g/mol. The zero-order valence-corrected chi connectivity index (χ0v) is 13.8. The lowest BCUT2D eigenvalue weighted by atomic mass is 10.1. The van der Waals surface area contributed by atoms with Crippen LogP contribution in [0, 0.1) is 0 Å². The van der Waals surface area contributed by atoms with Crippen molar-refractivity contribution in [1.29, 1.82) is 0 Å². The van der Waals surface area contributed by atoms with Gasteiger partial charge in [0.15, 0.2) is 0 Å². The van der Waals surface area contributed by atoms with Gasteiger partial charge in [-0.05, 0) is 19.3 Å². The Bertz CT molecular complexity index is 288. The zero-order chi connectivity index (χ0) is 15.1. The lowest BCUT2D eigenvalue weighted by Gasteiger charge is -2.03. The van der Waals surface area contributed by atoms with E-state index < -0.39 is 10.1 Å². The Kier molecular flexibility index (Phi) is 13.7. The summed E-state index contributed by atoms with van der Waals surface area (Å²) in [6, 6.07) is 0. The van der Waals surface area contributed by atoms with Crippen LogP contribution in [0.2, 0.25) is 0 Å². The molecule has 0 aromatic rings. The number of hydrogen-bond acceptors (Lipinski definition) is 3. The van der Waals surface area contributed by atoms with Gasteiger partial charge in [-0.25, -0.2) is 0 Å². The smallest absolute Gasteiger partial charge is 0.264 e. The largest absolute Gasteiger partial charge is 0.381 e. The van der Waals surface area contributed by atoms with Gasteiger partial charge in [0.1, 0.15) is 0 Å². The summed E-state index contributed by atoms with van der Waals surface area (Å²) in [5.74, 6) is -0.0902. The number of ether oxygens (including phenoxy) is 1. The Labute approximate surface area is 125 Å². The van der Waals surface area contributed by atoms with Gasteiger partial charge in [-0.15, -0.1) is 0 Å². The molecule has 0 aliphatic heterocycles. The molecule has 0 aromatic carbocycles. The Morgan fingerprint density at radius 3 is 1.65 bits per heavy atom. The first-order chi connectivity index (χ1) is 9.56. The predicted octanol–water partition coefficient (Wildman–Crippen LogP) is 4.20. The molecule has 0 atom stereocenters. The van der Waals surface area contributed by atoms with Gasteiger partial charge in [-0.1, -0.05) is 58.3 Å². The molecule has 1 N–H and O–H groups in total. The third-order valence-corrected chi connectivity index (χ3v) is 4.09. The van der Waals surface area contributed by atoms with E-state index >= 15 is 0 Å². The van der Waals surface area contributed by atoms with Crippen molar-refractivity contribution in [2.45, 2.75) is 77.6 Å².